The largest absolute Gasteiger partial charge is 0.497 e. The van der Waals surface area contributed by atoms with Gasteiger partial charge in [0.15, 0.2) is 0 Å². The standard InChI is InChI=1S/C29H37N5O8/c1-34-15-17-42-24-7-4-3-6-21(24)27(37)33-22(12-13-26(36)32-23(29(34)39)18-25(30)35)28(38)31-14-5-16-41-20-10-8-19(40-2)9-11-20/h3-4,6-11,22-23H,5,12-18H2,1-2H3,(H2,30,35)(H,31,38)(H,32,36)(H,33,37)/t22-,23-/m0/s1. The number of benzene rings is 2. The van der Waals surface area contributed by atoms with E-state index in [1.54, 1.807) is 55.6 Å². The van der Waals surface area contributed by atoms with E-state index in [9.17, 15) is 24.0 Å². The number of primary amides is 1. The minimum absolute atomic E-state index is 0.0340. The van der Waals surface area contributed by atoms with Gasteiger partial charge in [0.2, 0.25) is 23.6 Å². The second-order valence-electron chi connectivity index (χ2n) is 9.63. The maximum atomic E-state index is 13.2. The van der Waals surface area contributed by atoms with E-state index in [1.165, 1.54) is 11.9 Å². The highest BCUT2D eigenvalue weighted by molar-refractivity contribution is 6.00. The van der Waals surface area contributed by atoms with Crippen LogP contribution in [0.5, 0.6) is 17.2 Å². The fourth-order valence-electron chi connectivity index (χ4n) is 4.17. The average Bonchev–Trinajstić information content (AvgIpc) is 2.98. The van der Waals surface area contributed by atoms with Gasteiger partial charge < -0.3 is 40.8 Å². The average molecular weight is 584 g/mol. The van der Waals surface area contributed by atoms with Gasteiger partial charge in [0.25, 0.3) is 5.91 Å². The summed E-state index contributed by atoms with van der Waals surface area (Å²) in [6.07, 6.45) is -0.177. The summed E-state index contributed by atoms with van der Waals surface area (Å²) < 4.78 is 16.6. The zero-order valence-corrected chi connectivity index (χ0v) is 23.7. The van der Waals surface area contributed by atoms with Crippen molar-refractivity contribution in [2.75, 3.05) is 40.5 Å². The van der Waals surface area contributed by atoms with Crippen LogP contribution >= 0.6 is 0 Å². The van der Waals surface area contributed by atoms with Crippen LogP contribution in [0.2, 0.25) is 0 Å². The molecule has 0 radical (unpaired) electrons. The second-order valence-corrected chi connectivity index (χ2v) is 9.63. The predicted octanol–water partition coefficient (Wildman–Crippen LogP) is 0.370. The number of nitrogens with two attached hydrogens (primary N) is 1. The monoisotopic (exact) mass is 583 g/mol. The van der Waals surface area contributed by atoms with Crippen molar-refractivity contribution in [1.29, 1.82) is 0 Å². The number of rotatable bonds is 9. The normalized spacial score (nSPS) is 18.2. The molecule has 0 saturated heterocycles. The molecule has 0 bridgehead atoms. The minimum Gasteiger partial charge on any atom is -0.497 e. The molecular formula is C29H37N5O8. The quantitative estimate of drug-likeness (QED) is 0.306. The Morgan fingerprint density at radius 3 is 2.50 bits per heavy atom. The summed E-state index contributed by atoms with van der Waals surface area (Å²) in [5.74, 6) is -1.27. The first-order valence-corrected chi connectivity index (χ1v) is 13.6. The summed E-state index contributed by atoms with van der Waals surface area (Å²) in [5.41, 5.74) is 5.50. The van der Waals surface area contributed by atoms with E-state index < -0.39 is 48.0 Å². The number of para-hydroxylation sites is 1. The van der Waals surface area contributed by atoms with E-state index in [2.05, 4.69) is 16.0 Å². The number of nitrogens with zero attached hydrogens (tertiary/aromatic N) is 1. The highest BCUT2D eigenvalue weighted by Crippen LogP contribution is 2.19. The summed E-state index contributed by atoms with van der Waals surface area (Å²) in [5, 5.41) is 7.99. The Labute approximate surface area is 244 Å². The number of hydrogen-bond donors (Lipinski definition) is 4. The van der Waals surface area contributed by atoms with Gasteiger partial charge in [0, 0.05) is 20.0 Å². The number of amides is 5. The van der Waals surface area contributed by atoms with Gasteiger partial charge in [0.1, 0.15) is 35.9 Å². The molecule has 1 heterocycles. The van der Waals surface area contributed by atoms with Crippen molar-refractivity contribution in [2.24, 2.45) is 5.73 Å². The first-order chi connectivity index (χ1) is 20.2. The van der Waals surface area contributed by atoms with Crippen molar-refractivity contribution in [3.8, 4) is 17.2 Å². The molecule has 0 spiro atoms. The summed E-state index contributed by atoms with van der Waals surface area (Å²) in [6.45, 7) is 0.745. The molecule has 2 aromatic carbocycles. The Hall–Kier alpha value is -4.81. The van der Waals surface area contributed by atoms with Crippen molar-refractivity contribution in [3.05, 3.63) is 54.1 Å². The molecule has 0 unspecified atom stereocenters. The smallest absolute Gasteiger partial charge is 0.255 e. The van der Waals surface area contributed by atoms with Crippen molar-refractivity contribution in [3.63, 3.8) is 0 Å². The van der Waals surface area contributed by atoms with E-state index in [4.69, 9.17) is 19.9 Å². The Morgan fingerprint density at radius 2 is 1.79 bits per heavy atom. The van der Waals surface area contributed by atoms with Crippen LogP contribution in [0, 0.1) is 0 Å². The van der Waals surface area contributed by atoms with E-state index in [-0.39, 0.29) is 43.9 Å². The van der Waals surface area contributed by atoms with Crippen molar-refractivity contribution in [2.45, 2.75) is 37.8 Å². The summed E-state index contributed by atoms with van der Waals surface area (Å²) in [7, 11) is 3.08. The van der Waals surface area contributed by atoms with Gasteiger partial charge in [-0.3, -0.25) is 24.0 Å². The molecule has 5 amide bonds. The Morgan fingerprint density at radius 1 is 1.07 bits per heavy atom. The fraction of sp³-hybridized carbons (Fsp3) is 0.414. The van der Waals surface area contributed by atoms with Crippen LogP contribution in [-0.4, -0.2) is 87.0 Å². The first kappa shape index (κ1) is 31.7. The zero-order chi connectivity index (χ0) is 30.5. The number of fused-ring (bicyclic) bond motifs is 1. The third-order valence-corrected chi connectivity index (χ3v) is 6.46. The van der Waals surface area contributed by atoms with Gasteiger partial charge in [0.05, 0.1) is 32.2 Å². The van der Waals surface area contributed by atoms with Gasteiger partial charge >= 0.3 is 0 Å². The SMILES string of the molecule is COc1ccc(OCCCNC(=O)[C@@H]2CCC(=O)N[C@@H](CC(N)=O)C(=O)N(C)CCOc3ccccc3C(=O)N2)cc1. The molecule has 1 aliphatic heterocycles. The number of nitrogens with one attached hydrogen (secondary N) is 3. The molecule has 0 fully saturated rings. The lowest BCUT2D eigenvalue weighted by Crippen LogP contribution is -2.50. The predicted molar refractivity (Wildman–Crippen MR) is 152 cm³/mol. The molecule has 2 aromatic rings. The van der Waals surface area contributed by atoms with E-state index in [0.717, 1.165) is 0 Å². The van der Waals surface area contributed by atoms with Crippen molar-refractivity contribution >= 4 is 29.5 Å². The number of hydrogen-bond acceptors (Lipinski definition) is 8. The molecule has 0 saturated carbocycles. The zero-order valence-electron chi connectivity index (χ0n) is 23.7. The topological polar surface area (TPSA) is 178 Å². The molecule has 13 heteroatoms. The molecule has 3 rings (SSSR count). The van der Waals surface area contributed by atoms with E-state index in [0.29, 0.717) is 24.5 Å². The van der Waals surface area contributed by atoms with Crippen LogP contribution in [0.4, 0.5) is 0 Å². The third kappa shape index (κ3) is 9.68. The molecule has 0 aliphatic carbocycles. The lowest BCUT2D eigenvalue weighted by molar-refractivity contribution is -0.137. The summed E-state index contributed by atoms with van der Waals surface area (Å²) >= 11 is 0. The van der Waals surface area contributed by atoms with Crippen LogP contribution in [0.1, 0.15) is 36.0 Å². The molecular weight excluding hydrogens is 546 g/mol. The Kier molecular flexibility index (Phi) is 12.0. The number of likely N-dealkylation sites (N-methyl/N-ethyl adjacent to an activating group) is 1. The van der Waals surface area contributed by atoms with E-state index in [1.807, 2.05) is 0 Å². The Bertz CT molecular complexity index is 1250. The minimum atomic E-state index is -1.18. The van der Waals surface area contributed by atoms with Gasteiger partial charge in [-0.05, 0) is 49.2 Å². The molecule has 2 atom stereocenters. The fourth-order valence-corrected chi connectivity index (χ4v) is 4.17. The number of methoxy groups -OCH3 is 1. The van der Waals surface area contributed by atoms with Gasteiger partial charge in [-0.1, -0.05) is 12.1 Å². The summed E-state index contributed by atoms with van der Waals surface area (Å²) in [6, 6.07) is 11.4. The Balaban J connectivity index is 1.68. The van der Waals surface area contributed by atoms with Crippen LogP contribution < -0.4 is 35.9 Å². The third-order valence-electron chi connectivity index (χ3n) is 6.46. The highest BCUT2D eigenvalue weighted by atomic mass is 16.5. The van der Waals surface area contributed by atoms with Gasteiger partial charge in [-0.15, -0.1) is 0 Å². The number of ether oxygens (including phenoxy) is 3. The second kappa shape index (κ2) is 15.8. The lowest BCUT2D eigenvalue weighted by Gasteiger charge is -2.24. The highest BCUT2D eigenvalue weighted by Gasteiger charge is 2.28. The van der Waals surface area contributed by atoms with Crippen LogP contribution in [0.25, 0.3) is 0 Å². The van der Waals surface area contributed by atoms with Crippen LogP contribution in [-0.2, 0) is 19.2 Å². The maximum Gasteiger partial charge on any atom is 0.255 e. The molecule has 1 aliphatic rings. The van der Waals surface area contributed by atoms with Gasteiger partial charge in [-0.25, -0.2) is 0 Å². The van der Waals surface area contributed by atoms with Crippen LogP contribution in [0.3, 0.4) is 0 Å². The molecule has 226 valence electrons. The van der Waals surface area contributed by atoms with Crippen molar-refractivity contribution < 1.29 is 38.2 Å². The maximum absolute atomic E-state index is 13.2. The summed E-state index contributed by atoms with van der Waals surface area (Å²) in [4.78, 5) is 64.9. The molecule has 42 heavy (non-hydrogen) atoms. The number of carbonyl (C=O) groups is 5. The number of carbonyl (C=O) groups excluding carboxylic acids is 5. The van der Waals surface area contributed by atoms with E-state index >= 15 is 0 Å². The van der Waals surface area contributed by atoms with Crippen molar-refractivity contribution in [1.82, 2.24) is 20.9 Å². The van der Waals surface area contributed by atoms with Crippen LogP contribution in [0.15, 0.2) is 48.5 Å². The lowest BCUT2D eigenvalue weighted by atomic mass is 10.1. The molecule has 0 aromatic heterocycles. The first-order valence-electron chi connectivity index (χ1n) is 13.6. The molecule has 13 nitrogen and oxygen atoms in total. The molecule has 5 N–H and O–H groups in total. The van der Waals surface area contributed by atoms with Gasteiger partial charge in [-0.2, -0.15) is 0 Å².